The number of imidazole rings is 1. The summed E-state index contributed by atoms with van der Waals surface area (Å²) in [6.07, 6.45) is 1.36. The van der Waals surface area contributed by atoms with E-state index in [0.717, 1.165) is 0 Å². The molecule has 0 aliphatic carbocycles. The van der Waals surface area contributed by atoms with Crippen molar-refractivity contribution >= 4 is 11.6 Å². The molecule has 15 heavy (non-hydrogen) atoms. The van der Waals surface area contributed by atoms with Crippen LogP contribution in [0.1, 0.15) is 0 Å². The summed E-state index contributed by atoms with van der Waals surface area (Å²) >= 11 is 5.73. The summed E-state index contributed by atoms with van der Waals surface area (Å²) in [5.41, 5.74) is 0.289. The monoisotopic (exact) mass is 224 g/mol. The van der Waals surface area contributed by atoms with E-state index in [9.17, 15) is 9.90 Å². The van der Waals surface area contributed by atoms with Gasteiger partial charge in [-0.3, -0.25) is 4.57 Å². The number of benzene rings is 1. The number of hydrogen-bond donors (Lipinski definition) is 1. The van der Waals surface area contributed by atoms with Crippen molar-refractivity contribution in [2.75, 3.05) is 0 Å². The molecule has 0 amide bonds. The van der Waals surface area contributed by atoms with Crippen LogP contribution in [0.25, 0.3) is 5.69 Å². The van der Waals surface area contributed by atoms with Crippen LogP contribution in [0, 0.1) is 0 Å². The maximum atomic E-state index is 11.6. The van der Waals surface area contributed by atoms with Gasteiger partial charge in [0.2, 0.25) is 5.88 Å². The Morgan fingerprint density at radius 3 is 2.33 bits per heavy atom. The zero-order valence-electron chi connectivity index (χ0n) is 8.01. The zero-order chi connectivity index (χ0) is 11.0. The van der Waals surface area contributed by atoms with E-state index in [0.29, 0.717) is 10.7 Å². The highest BCUT2D eigenvalue weighted by Gasteiger charge is 2.09. The fourth-order valence-electron chi connectivity index (χ4n) is 1.37. The van der Waals surface area contributed by atoms with Crippen molar-refractivity contribution in [1.82, 2.24) is 9.13 Å². The standard InChI is InChI=1S/C10H9ClN2O2/c1-12-6-9(14)13(10(12)15)8-4-2-7(11)3-5-8/h2-6,14H,1H3. The molecule has 0 saturated carbocycles. The second-order valence-electron chi connectivity index (χ2n) is 3.19. The minimum atomic E-state index is -0.296. The van der Waals surface area contributed by atoms with Gasteiger partial charge >= 0.3 is 5.69 Å². The lowest BCUT2D eigenvalue weighted by molar-refractivity contribution is 0.441. The maximum Gasteiger partial charge on any atom is 0.335 e. The summed E-state index contributed by atoms with van der Waals surface area (Å²) in [5.74, 6) is -0.0928. The van der Waals surface area contributed by atoms with E-state index in [1.54, 1.807) is 31.3 Å². The Hall–Kier alpha value is -1.68. The Kier molecular flexibility index (Phi) is 2.28. The topological polar surface area (TPSA) is 47.2 Å². The quantitative estimate of drug-likeness (QED) is 0.799. The molecule has 1 aromatic heterocycles. The Bertz CT molecular complexity index is 540. The van der Waals surface area contributed by atoms with Crippen LogP contribution in [-0.4, -0.2) is 14.2 Å². The van der Waals surface area contributed by atoms with Gasteiger partial charge in [0.1, 0.15) is 0 Å². The van der Waals surface area contributed by atoms with Gasteiger partial charge in [-0.1, -0.05) is 11.6 Å². The molecule has 78 valence electrons. The fourth-order valence-corrected chi connectivity index (χ4v) is 1.50. The Morgan fingerprint density at radius 2 is 1.87 bits per heavy atom. The summed E-state index contributed by atoms with van der Waals surface area (Å²) in [7, 11) is 1.58. The van der Waals surface area contributed by atoms with Crippen LogP contribution in [0.3, 0.4) is 0 Å². The normalized spacial score (nSPS) is 10.5. The number of halogens is 1. The second kappa shape index (κ2) is 3.47. The first-order valence-corrected chi connectivity index (χ1v) is 4.70. The molecule has 0 aliphatic rings. The summed E-state index contributed by atoms with van der Waals surface area (Å²) in [6.45, 7) is 0. The second-order valence-corrected chi connectivity index (χ2v) is 3.63. The summed E-state index contributed by atoms with van der Waals surface area (Å²) in [5, 5.41) is 10.1. The van der Waals surface area contributed by atoms with Gasteiger partial charge < -0.3 is 5.11 Å². The molecule has 0 aliphatic heterocycles. The first kappa shape index (κ1) is 9.86. The Morgan fingerprint density at radius 1 is 1.27 bits per heavy atom. The molecule has 1 N–H and O–H groups in total. The van der Waals surface area contributed by atoms with Crippen molar-refractivity contribution in [2.45, 2.75) is 0 Å². The van der Waals surface area contributed by atoms with Gasteiger partial charge in [-0.05, 0) is 24.3 Å². The number of aromatic nitrogens is 2. The number of aryl methyl sites for hydroxylation is 1. The van der Waals surface area contributed by atoms with E-state index in [1.165, 1.54) is 15.3 Å². The third-order valence-electron chi connectivity index (χ3n) is 2.12. The van der Waals surface area contributed by atoms with Crippen molar-refractivity contribution in [2.24, 2.45) is 7.05 Å². The van der Waals surface area contributed by atoms with Crippen molar-refractivity contribution in [3.05, 3.63) is 46.0 Å². The molecule has 0 radical (unpaired) electrons. The molecule has 5 heteroatoms. The van der Waals surface area contributed by atoms with Gasteiger partial charge in [-0.15, -0.1) is 0 Å². The van der Waals surface area contributed by atoms with Gasteiger partial charge in [0.05, 0.1) is 11.9 Å². The molecule has 0 fully saturated rings. The molecule has 0 spiro atoms. The van der Waals surface area contributed by atoms with Crippen LogP contribution in [0.15, 0.2) is 35.3 Å². The molecule has 0 saturated heterocycles. The minimum Gasteiger partial charge on any atom is -0.493 e. The van der Waals surface area contributed by atoms with Crippen LogP contribution in [0.2, 0.25) is 5.02 Å². The van der Waals surface area contributed by atoms with Gasteiger partial charge in [0.15, 0.2) is 0 Å². The van der Waals surface area contributed by atoms with E-state index in [-0.39, 0.29) is 11.6 Å². The lowest BCUT2D eigenvalue weighted by atomic mass is 10.3. The minimum absolute atomic E-state index is 0.0928. The lowest BCUT2D eigenvalue weighted by Gasteiger charge is -2.02. The van der Waals surface area contributed by atoms with E-state index in [4.69, 9.17) is 11.6 Å². The molecular weight excluding hydrogens is 216 g/mol. The highest BCUT2D eigenvalue weighted by molar-refractivity contribution is 6.30. The van der Waals surface area contributed by atoms with E-state index in [1.807, 2.05) is 0 Å². The largest absolute Gasteiger partial charge is 0.493 e. The summed E-state index contributed by atoms with van der Waals surface area (Å²) < 4.78 is 2.51. The van der Waals surface area contributed by atoms with Crippen LogP contribution in [0.4, 0.5) is 0 Å². The van der Waals surface area contributed by atoms with Crippen LogP contribution in [-0.2, 0) is 7.05 Å². The predicted octanol–water partition coefficient (Wildman–Crippen LogP) is 1.53. The first-order valence-electron chi connectivity index (χ1n) is 4.33. The SMILES string of the molecule is Cn1cc(O)n(-c2ccc(Cl)cc2)c1=O. The van der Waals surface area contributed by atoms with Crippen molar-refractivity contribution in [1.29, 1.82) is 0 Å². The number of aromatic hydroxyl groups is 1. The van der Waals surface area contributed by atoms with Gasteiger partial charge in [-0.25, -0.2) is 9.36 Å². The number of rotatable bonds is 1. The first-order chi connectivity index (χ1) is 7.09. The van der Waals surface area contributed by atoms with E-state index >= 15 is 0 Å². The van der Waals surface area contributed by atoms with Gasteiger partial charge in [0, 0.05) is 12.1 Å². The molecule has 1 aromatic carbocycles. The van der Waals surface area contributed by atoms with E-state index in [2.05, 4.69) is 0 Å². The third kappa shape index (κ3) is 1.64. The van der Waals surface area contributed by atoms with Crippen LogP contribution >= 0.6 is 11.6 Å². The molecule has 2 rings (SSSR count). The van der Waals surface area contributed by atoms with Crippen LogP contribution < -0.4 is 5.69 Å². The lowest BCUT2D eigenvalue weighted by Crippen LogP contribution is -2.20. The van der Waals surface area contributed by atoms with Crippen molar-refractivity contribution in [3.63, 3.8) is 0 Å². The van der Waals surface area contributed by atoms with Gasteiger partial charge in [0.25, 0.3) is 0 Å². The average Bonchev–Trinajstić information content (AvgIpc) is 2.44. The average molecular weight is 225 g/mol. The molecule has 2 aromatic rings. The number of hydrogen-bond acceptors (Lipinski definition) is 2. The highest BCUT2D eigenvalue weighted by atomic mass is 35.5. The summed E-state index contributed by atoms with van der Waals surface area (Å²) in [4.78, 5) is 11.6. The zero-order valence-corrected chi connectivity index (χ0v) is 8.77. The Labute approximate surface area is 91.0 Å². The van der Waals surface area contributed by atoms with E-state index < -0.39 is 0 Å². The molecule has 0 unspecified atom stereocenters. The predicted molar refractivity (Wildman–Crippen MR) is 57.7 cm³/mol. The van der Waals surface area contributed by atoms with Crippen molar-refractivity contribution < 1.29 is 5.11 Å². The molecule has 4 nitrogen and oxygen atoms in total. The fraction of sp³-hybridized carbons (Fsp3) is 0.100. The summed E-state index contributed by atoms with van der Waals surface area (Å²) in [6, 6.07) is 6.67. The van der Waals surface area contributed by atoms with Crippen molar-refractivity contribution in [3.8, 4) is 11.6 Å². The third-order valence-corrected chi connectivity index (χ3v) is 2.37. The molecule has 1 heterocycles. The van der Waals surface area contributed by atoms with Gasteiger partial charge in [-0.2, -0.15) is 0 Å². The molecule has 0 atom stereocenters. The Balaban J connectivity index is 2.64. The molecular formula is C10H9ClN2O2. The van der Waals surface area contributed by atoms with Crippen LogP contribution in [0.5, 0.6) is 5.88 Å². The molecule has 0 bridgehead atoms. The smallest absolute Gasteiger partial charge is 0.335 e. The maximum absolute atomic E-state index is 11.6. The highest BCUT2D eigenvalue weighted by Crippen LogP contribution is 2.16. The number of nitrogens with zero attached hydrogens (tertiary/aromatic N) is 2.